The fraction of sp³-hybridized carbons (Fsp3) is 0.0400. The van der Waals surface area contributed by atoms with E-state index < -0.39 is 0 Å². The number of para-hydroxylation sites is 2. The minimum absolute atomic E-state index is 0.759. The average Bonchev–Trinajstić information content (AvgIpc) is 2.73. The van der Waals surface area contributed by atoms with Gasteiger partial charge in [-0.1, -0.05) is 72.8 Å². The first-order valence-corrected chi connectivity index (χ1v) is 9.07. The number of benzene rings is 4. The van der Waals surface area contributed by atoms with Crippen LogP contribution in [0.15, 0.2) is 97.1 Å². The molecule has 0 unspecified atom stereocenters. The van der Waals surface area contributed by atoms with Crippen LogP contribution in [0.3, 0.4) is 0 Å². The molecule has 0 fully saturated rings. The summed E-state index contributed by atoms with van der Waals surface area (Å²) in [5, 5.41) is 0. The number of fused-ring (bicyclic) bond motifs is 2. The van der Waals surface area contributed by atoms with Crippen molar-refractivity contribution in [3.8, 4) is 34.1 Å². The molecule has 1 aliphatic heterocycles. The molecule has 0 aliphatic carbocycles. The lowest BCUT2D eigenvalue weighted by molar-refractivity contribution is 0.359. The van der Waals surface area contributed by atoms with Crippen molar-refractivity contribution in [2.45, 2.75) is 6.42 Å². The van der Waals surface area contributed by atoms with E-state index in [1.807, 2.05) is 36.4 Å². The summed E-state index contributed by atoms with van der Waals surface area (Å²) in [6.45, 7) is 0. The Morgan fingerprint density at radius 1 is 0.444 bits per heavy atom. The highest BCUT2D eigenvalue weighted by Gasteiger charge is 2.18. The first-order chi connectivity index (χ1) is 13.3. The van der Waals surface area contributed by atoms with E-state index in [-0.39, 0.29) is 0 Å². The Balaban J connectivity index is 1.36. The Bertz CT molecular complexity index is 1080. The topological polar surface area (TPSA) is 18.5 Å². The molecular formula is C25H18O2. The second kappa shape index (κ2) is 6.65. The second-order valence-corrected chi connectivity index (χ2v) is 6.67. The zero-order valence-corrected chi connectivity index (χ0v) is 14.8. The molecule has 0 amide bonds. The molecule has 2 heteroatoms. The van der Waals surface area contributed by atoms with Gasteiger partial charge >= 0.3 is 0 Å². The van der Waals surface area contributed by atoms with Crippen LogP contribution in [0.4, 0.5) is 0 Å². The van der Waals surface area contributed by atoms with E-state index in [9.17, 15) is 0 Å². The van der Waals surface area contributed by atoms with E-state index in [0.29, 0.717) is 0 Å². The summed E-state index contributed by atoms with van der Waals surface area (Å²) < 4.78 is 11.9. The van der Waals surface area contributed by atoms with Gasteiger partial charge in [0, 0.05) is 0 Å². The number of hydrogen-bond donors (Lipinski definition) is 0. The molecular weight excluding hydrogens is 332 g/mol. The molecule has 0 aromatic heterocycles. The summed E-state index contributed by atoms with van der Waals surface area (Å²) in [5.74, 6) is 3.05. The molecule has 0 saturated carbocycles. The second-order valence-electron chi connectivity index (χ2n) is 6.67. The third-order valence-electron chi connectivity index (χ3n) is 4.77. The van der Waals surface area contributed by atoms with E-state index >= 15 is 0 Å². The van der Waals surface area contributed by atoms with Crippen LogP contribution in [-0.2, 0) is 6.42 Å². The van der Waals surface area contributed by atoms with Gasteiger partial charge in [-0.3, -0.25) is 0 Å². The van der Waals surface area contributed by atoms with Gasteiger partial charge in [-0.2, -0.15) is 0 Å². The predicted octanol–water partition coefficient (Wildman–Crippen LogP) is 6.84. The summed E-state index contributed by atoms with van der Waals surface area (Å²) >= 11 is 0. The molecule has 5 rings (SSSR count). The van der Waals surface area contributed by atoms with E-state index in [2.05, 4.69) is 60.7 Å². The van der Waals surface area contributed by atoms with Crippen LogP contribution >= 0.6 is 0 Å². The maximum absolute atomic E-state index is 6.01. The lowest BCUT2D eigenvalue weighted by Crippen LogP contribution is -1.99. The standard InChI is InChI=1S/C25H18O2/c1-2-6-20(7-3-1)21-13-10-18(11-14-21)16-19-12-15-24-25(17-19)27-23-9-5-4-8-22(23)26-24/h1-15,17H,16H2. The van der Waals surface area contributed by atoms with Crippen LogP contribution < -0.4 is 9.47 Å². The van der Waals surface area contributed by atoms with Crippen molar-refractivity contribution in [1.29, 1.82) is 0 Å². The predicted molar refractivity (Wildman–Crippen MR) is 108 cm³/mol. The highest BCUT2D eigenvalue weighted by molar-refractivity contribution is 5.63. The van der Waals surface area contributed by atoms with Crippen molar-refractivity contribution in [2.24, 2.45) is 0 Å². The van der Waals surface area contributed by atoms with Crippen LogP contribution in [-0.4, -0.2) is 0 Å². The van der Waals surface area contributed by atoms with Gasteiger partial charge < -0.3 is 9.47 Å². The summed E-state index contributed by atoms with van der Waals surface area (Å²) in [6.07, 6.45) is 0.855. The lowest BCUT2D eigenvalue weighted by atomic mass is 10.00. The van der Waals surface area contributed by atoms with Crippen molar-refractivity contribution in [3.63, 3.8) is 0 Å². The average molecular weight is 350 g/mol. The molecule has 2 nitrogen and oxygen atoms in total. The molecule has 0 bridgehead atoms. The number of ether oxygens (including phenoxy) is 2. The largest absolute Gasteiger partial charge is 0.450 e. The molecule has 27 heavy (non-hydrogen) atoms. The van der Waals surface area contributed by atoms with Gasteiger partial charge in [-0.15, -0.1) is 0 Å². The molecule has 1 aliphatic rings. The third kappa shape index (κ3) is 3.18. The van der Waals surface area contributed by atoms with Crippen molar-refractivity contribution in [1.82, 2.24) is 0 Å². The Hall–Kier alpha value is -3.52. The van der Waals surface area contributed by atoms with Crippen molar-refractivity contribution in [2.75, 3.05) is 0 Å². The molecule has 0 N–H and O–H groups in total. The van der Waals surface area contributed by atoms with Crippen molar-refractivity contribution in [3.05, 3.63) is 108 Å². The lowest BCUT2D eigenvalue weighted by Gasteiger charge is -2.21. The van der Waals surface area contributed by atoms with E-state index in [1.54, 1.807) is 0 Å². The van der Waals surface area contributed by atoms with E-state index in [4.69, 9.17) is 9.47 Å². The number of rotatable bonds is 3. The SMILES string of the molecule is c1ccc(-c2ccc(Cc3ccc4c(c3)Oc3ccccc3O4)cc2)cc1. The maximum atomic E-state index is 6.01. The quantitative estimate of drug-likeness (QED) is 0.354. The van der Waals surface area contributed by atoms with Gasteiger partial charge in [-0.25, -0.2) is 0 Å². The highest BCUT2D eigenvalue weighted by Crippen LogP contribution is 2.45. The first-order valence-electron chi connectivity index (χ1n) is 9.07. The summed E-state index contributed by atoms with van der Waals surface area (Å²) in [5.41, 5.74) is 4.94. The van der Waals surface area contributed by atoms with Gasteiger partial charge in [-0.05, 0) is 52.9 Å². The summed E-state index contributed by atoms with van der Waals surface area (Å²) in [4.78, 5) is 0. The van der Waals surface area contributed by atoms with Crippen LogP contribution in [0.1, 0.15) is 11.1 Å². The van der Waals surface area contributed by atoms with E-state index in [0.717, 1.165) is 29.4 Å². The maximum Gasteiger partial charge on any atom is 0.170 e. The van der Waals surface area contributed by atoms with Crippen LogP contribution in [0.25, 0.3) is 11.1 Å². The molecule has 0 saturated heterocycles. The minimum Gasteiger partial charge on any atom is -0.450 e. The van der Waals surface area contributed by atoms with Crippen LogP contribution in [0.2, 0.25) is 0 Å². The van der Waals surface area contributed by atoms with Crippen LogP contribution in [0.5, 0.6) is 23.0 Å². The van der Waals surface area contributed by atoms with Crippen molar-refractivity contribution < 1.29 is 9.47 Å². The molecule has 1 heterocycles. The Morgan fingerprint density at radius 2 is 1.00 bits per heavy atom. The summed E-state index contributed by atoms with van der Waals surface area (Å²) in [7, 11) is 0. The van der Waals surface area contributed by atoms with Gasteiger partial charge in [0.2, 0.25) is 0 Å². The van der Waals surface area contributed by atoms with Crippen molar-refractivity contribution >= 4 is 0 Å². The Kier molecular flexibility index (Phi) is 3.87. The highest BCUT2D eigenvalue weighted by atomic mass is 16.6. The zero-order valence-electron chi connectivity index (χ0n) is 14.8. The van der Waals surface area contributed by atoms with E-state index in [1.165, 1.54) is 22.3 Å². The molecule has 130 valence electrons. The zero-order chi connectivity index (χ0) is 18.1. The molecule has 0 atom stereocenters. The molecule has 0 radical (unpaired) electrons. The smallest absolute Gasteiger partial charge is 0.170 e. The molecule has 0 spiro atoms. The normalized spacial score (nSPS) is 11.7. The third-order valence-corrected chi connectivity index (χ3v) is 4.77. The van der Waals surface area contributed by atoms with Gasteiger partial charge in [0.15, 0.2) is 23.0 Å². The van der Waals surface area contributed by atoms with Gasteiger partial charge in [0.1, 0.15) is 0 Å². The Morgan fingerprint density at radius 3 is 1.74 bits per heavy atom. The van der Waals surface area contributed by atoms with Gasteiger partial charge in [0.25, 0.3) is 0 Å². The first kappa shape index (κ1) is 15.7. The summed E-state index contributed by atoms with van der Waals surface area (Å²) in [6, 6.07) is 33.1. The Labute approximate surface area is 158 Å². The van der Waals surface area contributed by atoms with Crippen LogP contribution in [0, 0.1) is 0 Å². The fourth-order valence-corrected chi connectivity index (χ4v) is 3.36. The molecule has 4 aromatic carbocycles. The monoisotopic (exact) mass is 350 g/mol. The molecule has 4 aromatic rings. The fourth-order valence-electron chi connectivity index (χ4n) is 3.36. The van der Waals surface area contributed by atoms with Gasteiger partial charge in [0.05, 0.1) is 0 Å². The number of hydrogen-bond acceptors (Lipinski definition) is 2. The minimum atomic E-state index is 0.759.